The number of esters is 1. The molecule has 10 nitrogen and oxygen atoms in total. The van der Waals surface area contributed by atoms with E-state index < -0.39 is 5.97 Å². The van der Waals surface area contributed by atoms with Gasteiger partial charge in [-0.1, -0.05) is 23.1 Å². The summed E-state index contributed by atoms with van der Waals surface area (Å²) in [5, 5.41) is 17.3. The highest BCUT2D eigenvalue weighted by Gasteiger charge is 2.26. The molecule has 13 heteroatoms. The van der Waals surface area contributed by atoms with E-state index in [1.807, 2.05) is 6.07 Å². The van der Waals surface area contributed by atoms with Gasteiger partial charge in [0, 0.05) is 7.05 Å². The fraction of sp³-hybridized carbons (Fsp3) is 0.316. The Morgan fingerprint density at radius 2 is 2.06 bits per heavy atom. The maximum atomic E-state index is 12.5. The molecule has 0 aliphatic heterocycles. The first-order chi connectivity index (χ1) is 15.4. The highest BCUT2D eigenvalue weighted by atomic mass is 32.2. The van der Waals surface area contributed by atoms with Gasteiger partial charge in [-0.05, 0) is 31.5 Å². The molecule has 0 aromatic carbocycles. The van der Waals surface area contributed by atoms with Crippen molar-refractivity contribution < 1.29 is 23.5 Å². The number of hydrogen-bond donors (Lipinski definition) is 3. The highest BCUT2D eigenvalue weighted by Crippen LogP contribution is 2.34. The molecule has 170 valence electrons. The molecular weight excluding hydrogens is 474 g/mol. The molecule has 3 aromatic heterocycles. The number of furan rings is 1. The number of ether oxygens (including phenoxy) is 1. The Hall–Kier alpha value is -2.90. The lowest BCUT2D eigenvalue weighted by Gasteiger charge is -2.06. The number of rotatable bonds is 10. The van der Waals surface area contributed by atoms with E-state index in [9.17, 15) is 14.4 Å². The van der Waals surface area contributed by atoms with E-state index in [2.05, 4.69) is 26.1 Å². The number of carbonyl (C=O) groups is 3. The summed E-state index contributed by atoms with van der Waals surface area (Å²) in [6.07, 6.45) is 1.59. The van der Waals surface area contributed by atoms with Crippen molar-refractivity contribution in [1.82, 2.24) is 15.5 Å². The van der Waals surface area contributed by atoms with Crippen molar-refractivity contribution in [2.75, 3.05) is 30.0 Å². The summed E-state index contributed by atoms with van der Waals surface area (Å²) in [7, 11) is 1.50. The van der Waals surface area contributed by atoms with Crippen LogP contribution < -0.4 is 16.0 Å². The van der Waals surface area contributed by atoms with Crippen LogP contribution in [0.1, 0.15) is 38.3 Å². The van der Waals surface area contributed by atoms with E-state index in [1.54, 1.807) is 26.2 Å². The first-order valence-electron chi connectivity index (χ1n) is 9.47. The van der Waals surface area contributed by atoms with Crippen LogP contribution in [0.4, 0.5) is 10.1 Å². The van der Waals surface area contributed by atoms with Crippen LogP contribution in [0.25, 0.3) is 0 Å². The second-order valence-corrected chi connectivity index (χ2v) is 9.42. The molecule has 32 heavy (non-hydrogen) atoms. The third-order valence-electron chi connectivity index (χ3n) is 4.04. The van der Waals surface area contributed by atoms with Crippen molar-refractivity contribution in [3.05, 3.63) is 40.2 Å². The molecule has 0 bridgehead atoms. The van der Waals surface area contributed by atoms with E-state index in [1.165, 1.54) is 30.1 Å². The van der Waals surface area contributed by atoms with Crippen LogP contribution in [-0.2, 0) is 16.1 Å². The van der Waals surface area contributed by atoms with Gasteiger partial charge in [-0.3, -0.25) is 9.59 Å². The molecular formula is C19H21N5O5S3. The van der Waals surface area contributed by atoms with Gasteiger partial charge in [0.2, 0.25) is 11.0 Å². The quantitative estimate of drug-likeness (QED) is 0.286. The second-order valence-electron chi connectivity index (χ2n) is 6.20. The van der Waals surface area contributed by atoms with Gasteiger partial charge in [-0.25, -0.2) is 4.79 Å². The highest BCUT2D eigenvalue weighted by molar-refractivity contribution is 8.01. The molecule has 3 aromatic rings. The van der Waals surface area contributed by atoms with E-state index in [0.29, 0.717) is 26.5 Å². The van der Waals surface area contributed by atoms with E-state index in [4.69, 9.17) is 9.15 Å². The number of nitrogens with one attached hydrogen (secondary N) is 3. The third kappa shape index (κ3) is 5.87. The summed E-state index contributed by atoms with van der Waals surface area (Å²) in [4.78, 5) is 37.4. The predicted molar refractivity (Wildman–Crippen MR) is 124 cm³/mol. The van der Waals surface area contributed by atoms with Gasteiger partial charge in [0.25, 0.3) is 5.91 Å². The maximum Gasteiger partial charge on any atom is 0.341 e. The minimum Gasteiger partial charge on any atom is -0.467 e. The number of nitrogens with zero attached hydrogens (tertiary/aromatic N) is 2. The van der Waals surface area contributed by atoms with Gasteiger partial charge in [0.1, 0.15) is 10.8 Å². The number of hydrogen-bond acceptors (Lipinski definition) is 11. The fourth-order valence-electron chi connectivity index (χ4n) is 2.59. The average Bonchev–Trinajstić information content (AvgIpc) is 3.51. The Bertz CT molecular complexity index is 1090. The molecule has 0 aliphatic carbocycles. The number of aromatic nitrogens is 2. The van der Waals surface area contributed by atoms with Gasteiger partial charge in [0.05, 0.1) is 35.6 Å². The largest absolute Gasteiger partial charge is 0.467 e. The van der Waals surface area contributed by atoms with Crippen molar-refractivity contribution in [2.45, 2.75) is 24.7 Å². The Labute approximate surface area is 196 Å². The molecule has 3 heterocycles. The number of anilines is 2. The first kappa shape index (κ1) is 23.8. The molecule has 2 amide bonds. The molecule has 0 atom stereocenters. The number of thioether (sulfide) groups is 1. The summed E-state index contributed by atoms with van der Waals surface area (Å²) < 4.78 is 11.0. The first-order valence-corrected chi connectivity index (χ1v) is 12.1. The van der Waals surface area contributed by atoms with Crippen molar-refractivity contribution >= 4 is 62.4 Å². The minimum absolute atomic E-state index is 0.0569. The Morgan fingerprint density at radius 1 is 1.25 bits per heavy atom. The van der Waals surface area contributed by atoms with Crippen LogP contribution >= 0.6 is 34.4 Å². The van der Waals surface area contributed by atoms with Crippen LogP contribution in [0, 0.1) is 6.92 Å². The van der Waals surface area contributed by atoms with Crippen molar-refractivity contribution in [3.63, 3.8) is 0 Å². The average molecular weight is 496 g/mol. The molecule has 0 spiro atoms. The molecule has 0 saturated carbocycles. The van der Waals surface area contributed by atoms with E-state index >= 15 is 0 Å². The normalized spacial score (nSPS) is 10.6. The standard InChI is InChI=1S/C19H21N5O5S3/c1-4-28-17(27)13-10(2)14(15(26)20-3)31-16(13)22-12(25)9-30-19-24-23-18(32-19)21-8-11-6-5-7-29-11/h5-7H,4,8-9H2,1-3H3,(H,20,26)(H,21,23)(H,22,25). The smallest absolute Gasteiger partial charge is 0.341 e. The number of thiophene rings is 1. The van der Waals surface area contributed by atoms with Crippen LogP contribution in [-0.4, -0.2) is 47.4 Å². The zero-order valence-corrected chi connectivity index (χ0v) is 20.0. The maximum absolute atomic E-state index is 12.5. The molecule has 0 fully saturated rings. The Kier molecular flexibility index (Phi) is 8.25. The molecule has 3 rings (SSSR count). The van der Waals surface area contributed by atoms with Gasteiger partial charge >= 0.3 is 5.97 Å². The lowest BCUT2D eigenvalue weighted by Crippen LogP contribution is -2.18. The van der Waals surface area contributed by atoms with Crippen LogP contribution in [0.3, 0.4) is 0 Å². The summed E-state index contributed by atoms with van der Waals surface area (Å²) in [5.74, 6) is -0.437. The zero-order chi connectivity index (χ0) is 23.1. The second kappa shape index (κ2) is 11.1. The minimum atomic E-state index is -0.587. The third-order valence-corrected chi connectivity index (χ3v) is 7.26. The molecule has 0 unspecified atom stereocenters. The summed E-state index contributed by atoms with van der Waals surface area (Å²) in [5.41, 5.74) is 0.654. The van der Waals surface area contributed by atoms with Crippen molar-refractivity contribution in [3.8, 4) is 0 Å². The fourth-order valence-corrected chi connectivity index (χ4v) is 5.29. The van der Waals surface area contributed by atoms with Crippen LogP contribution in [0.2, 0.25) is 0 Å². The van der Waals surface area contributed by atoms with Crippen molar-refractivity contribution in [1.29, 1.82) is 0 Å². The molecule has 0 saturated heterocycles. The Balaban J connectivity index is 1.62. The zero-order valence-electron chi connectivity index (χ0n) is 17.5. The number of amides is 2. The summed E-state index contributed by atoms with van der Waals surface area (Å²) >= 11 is 3.57. The summed E-state index contributed by atoms with van der Waals surface area (Å²) in [6, 6.07) is 3.65. The van der Waals surface area contributed by atoms with E-state index in [-0.39, 0.29) is 34.7 Å². The summed E-state index contributed by atoms with van der Waals surface area (Å²) in [6.45, 7) is 4.00. The predicted octanol–water partition coefficient (Wildman–Crippen LogP) is 3.38. The number of carbonyl (C=O) groups excluding carboxylic acids is 3. The lowest BCUT2D eigenvalue weighted by molar-refractivity contribution is -0.113. The van der Waals surface area contributed by atoms with Gasteiger partial charge in [0.15, 0.2) is 4.34 Å². The SMILES string of the molecule is CCOC(=O)c1c(NC(=O)CSc2nnc(NCc3ccco3)s2)sc(C(=O)NC)c1C. The molecule has 3 N–H and O–H groups in total. The van der Waals surface area contributed by atoms with Crippen LogP contribution in [0.15, 0.2) is 27.2 Å². The monoisotopic (exact) mass is 495 g/mol. The van der Waals surface area contributed by atoms with Gasteiger partial charge in [-0.2, -0.15) is 0 Å². The Morgan fingerprint density at radius 3 is 2.75 bits per heavy atom. The lowest BCUT2D eigenvalue weighted by atomic mass is 10.1. The van der Waals surface area contributed by atoms with Crippen molar-refractivity contribution in [2.24, 2.45) is 0 Å². The van der Waals surface area contributed by atoms with Crippen LogP contribution in [0.5, 0.6) is 0 Å². The molecule has 0 radical (unpaired) electrons. The van der Waals surface area contributed by atoms with Gasteiger partial charge in [-0.15, -0.1) is 21.5 Å². The van der Waals surface area contributed by atoms with Gasteiger partial charge < -0.3 is 25.1 Å². The van der Waals surface area contributed by atoms with E-state index in [0.717, 1.165) is 17.1 Å². The topological polar surface area (TPSA) is 135 Å². The molecule has 0 aliphatic rings.